The van der Waals surface area contributed by atoms with E-state index in [9.17, 15) is 19.5 Å². The van der Waals surface area contributed by atoms with Crippen molar-refractivity contribution in [2.45, 2.75) is 70.9 Å². The number of ether oxygens (including phenoxy) is 2. The predicted molar refractivity (Wildman–Crippen MR) is 151 cm³/mol. The SMILES string of the molecule is CC(C1CCN(C(=O)OC(C)(C)C)CC1)N(CC1(C(=O)O)CC1)C(=O)OCC1c2ccccc2-c2ccccc21. The van der Waals surface area contributed by atoms with Crippen LogP contribution in [0, 0.1) is 11.3 Å². The smallest absolute Gasteiger partial charge is 0.410 e. The second kappa shape index (κ2) is 10.8. The van der Waals surface area contributed by atoms with E-state index in [1.54, 1.807) is 9.80 Å². The highest BCUT2D eigenvalue weighted by Crippen LogP contribution is 2.48. The Kier molecular flexibility index (Phi) is 7.55. The summed E-state index contributed by atoms with van der Waals surface area (Å²) in [7, 11) is 0. The molecule has 8 nitrogen and oxygen atoms in total. The van der Waals surface area contributed by atoms with Crippen LogP contribution in [-0.4, -0.2) is 70.9 Å². The number of hydrogen-bond acceptors (Lipinski definition) is 5. The highest BCUT2D eigenvalue weighted by atomic mass is 16.6. The molecule has 2 aliphatic carbocycles. The highest BCUT2D eigenvalue weighted by Gasteiger charge is 2.53. The number of amides is 2. The minimum atomic E-state index is -0.906. The van der Waals surface area contributed by atoms with Crippen molar-refractivity contribution in [3.63, 3.8) is 0 Å². The molecule has 0 spiro atoms. The number of aliphatic carboxylic acids is 1. The van der Waals surface area contributed by atoms with Gasteiger partial charge in [-0.1, -0.05) is 48.5 Å². The summed E-state index contributed by atoms with van der Waals surface area (Å²) in [4.78, 5) is 41.7. The monoisotopic (exact) mass is 548 g/mol. The maximum absolute atomic E-state index is 13.7. The molecule has 3 aliphatic rings. The van der Waals surface area contributed by atoms with Gasteiger partial charge in [-0.3, -0.25) is 4.79 Å². The molecule has 1 atom stereocenters. The summed E-state index contributed by atoms with van der Waals surface area (Å²) in [6.45, 7) is 8.92. The largest absolute Gasteiger partial charge is 0.481 e. The first-order valence-electron chi connectivity index (χ1n) is 14.3. The lowest BCUT2D eigenvalue weighted by molar-refractivity contribution is -0.144. The van der Waals surface area contributed by atoms with Gasteiger partial charge in [-0.2, -0.15) is 0 Å². The molecule has 1 heterocycles. The molecule has 2 amide bonds. The molecule has 1 unspecified atom stereocenters. The van der Waals surface area contributed by atoms with E-state index in [4.69, 9.17) is 9.47 Å². The molecule has 40 heavy (non-hydrogen) atoms. The molecule has 2 aromatic rings. The Morgan fingerprint density at radius 2 is 1.55 bits per heavy atom. The van der Waals surface area contributed by atoms with Crippen molar-refractivity contribution in [2.24, 2.45) is 11.3 Å². The van der Waals surface area contributed by atoms with Gasteiger partial charge >= 0.3 is 18.2 Å². The number of rotatable bonds is 7. The van der Waals surface area contributed by atoms with Crippen LogP contribution in [0.4, 0.5) is 9.59 Å². The van der Waals surface area contributed by atoms with E-state index < -0.39 is 23.1 Å². The molecule has 214 valence electrons. The second-order valence-corrected chi connectivity index (χ2v) is 12.6. The van der Waals surface area contributed by atoms with Gasteiger partial charge in [0.05, 0.1) is 5.41 Å². The van der Waals surface area contributed by atoms with Gasteiger partial charge in [-0.05, 0) is 81.5 Å². The third-order valence-electron chi connectivity index (χ3n) is 8.72. The summed E-state index contributed by atoms with van der Waals surface area (Å²) in [6.07, 6.45) is 1.71. The van der Waals surface area contributed by atoms with E-state index in [0.717, 1.165) is 22.3 Å². The average molecular weight is 549 g/mol. The summed E-state index contributed by atoms with van der Waals surface area (Å²) < 4.78 is 11.5. The predicted octanol–water partition coefficient (Wildman–Crippen LogP) is 6.14. The average Bonchev–Trinajstić information content (AvgIpc) is 3.65. The molecular formula is C32H40N2O6. The van der Waals surface area contributed by atoms with Crippen molar-refractivity contribution in [3.05, 3.63) is 59.7 Å². The first-order valence-corrected chi connectivity index (χ1v) is 14.3. The minimum absolute atomic E-state index is 0.0695. The third-order valence-corrected chi connectivity index (χ3v) is 8.72. The van der Waals surface area contributed by atoms with Crippen LogP contribution in [0.3, 0.4) is 0 Å². The number of fused-ring (bicyclic) bond motifs is 3. The molecule has 1 aliphatic heterocycles. The number of carbonyl (C=O) groups excluding carboxylic acids is 2. The Labute approximate surface area is 236 Å². The molecule has 0 aromatic heterocycles. The number of carboxylic acids is 1. The van der Waals surface area contributed by atoms with Crippen molar-refractivity contribution in [3.8, 4) is 11.1 Å². The van der Waals surface area contributed by atoms with E-state index in [2.05, 4.69) is 24.3 Å². The van der Waals surface area contributed by atoms with Gasteiger partial charge in [0.1, 0.15) is 12.2 Å². The number of likely N-dealkylation sites (tertiary alicyclic amines) is 1. The van der Waals surface area contributed by atoms with Gasteiger partial charge in [0.15, 0.2) is 0 Å². The fourth-order valence-corrected chi connectivity index (χ4v) is 6.11. The lowest BCUT2D eigenvalue weighted by Gasteiger charge is -2.40. The van der Waals surface area contributed by atoms with Gasteiger partial charge < -0.3 is 24.4 Å². The molecular weight excluding hydrogens is 508 g/mol. The van der Waals surface area contributed by atoms with Crippen LogP contribution >= 0.6 is 0 Å². The van der Waals surface area contributed by atoms with E-state index in [1.807, 2.05) is 52.0 Å². The second-order valence-electron chi connectivity index (χ2n) is 12.6. The lowest BCUT2D eigenvalue weighted by atomic mass is 9.89. The normalized spacial score (nSPS) is 18.9. The van der Waals surface area contributed by atoms with Crippen molar-refractivity contribution >= 4 is 18.2 Å². The highest BCUT2D eigenvalue weighted by molar-refractivity contribution is 5.80. The Morgan fingerprint density at radius 3 is 2.05 bits per heavy atom. The topological polar surface area (TPSA) is 96.4 Å². The number of carbonyl (C=O) groups is 3. The zero-order chi connectivity index (χ0) is 28.7. The van der Waals surface area contributed by atoms with E-state index in [0.29, 0.717) is 38.8 Å². The zero-order valence-corrected chi connectivity index (χ0v) is 23.9. The first-order chi connectivity index (χ1) is 19.0. The number of benzene rings is 2. The van der Waals surface area contributed by atoms with Crippen molar-refractivity contribution in [1.29, 1.82) is 0 Å². The van der Waals surface area contributed by atoms with E-state index in [-0.39, 0.29) is 37.1 Å². The lowest BCUT2D eigenvalue weighted by Crippen LogP contribution is -2.51. The fourth-order valence-electron chi connectivity index (χ4n) is 6.11. The Bertz CT molecular complexity index is 1230. The van der Waals surface area contributed by atoms with Crippen LogP contribution in [0.2, 0.25) is 0 Å². The standard InChI is InChI=1S/C32H40N2O6/c1-21(22-13-17-33(18-14-22)29(37)40-31(2,3)4)34(20-32(15-16-32)28(35)36)30(38)39-19-27-25-11-7-5-9-23(25)24-10-6-8-12-26(24)27/h5-12,21-22,27H,13-20H2,1-4H3,(H,35,36). The van der Waals surface area contributed by atoms with Crippen LogP contribution in [-0.2, 0) is 14.3 Å². The Morgan fingerprint density at radius 1 is 1.00 bits per heavy atom. The van der Waals surface area contributed by atoms with E-state index in [1.165, 1.54) is 0 Å². The molecule has 1 N–H and O–H groups in total. The first kappa shape index (κ1) is 28.0. The summed E-state index contributed by atoms with van der Waals surface area (Å²) in [5.41, 5.74) is 3.12. The molecule has 2 fully saturated rings. The fraction of sp³-hybridized carbons (Fsp3) is 0.531. The van der Waals surface area contributed by atoms with Gasteiger partial charge in [-0.25, -0.2) is 9.59 Å². The maximum atomic E-state index is 13.7. The van der Waals surface area contributed by atoms with Crippen LogP contribution in [0.25, 0.3) is 11.1 Å². The number of hydrogen-bond donors (Lipinski definition) is 1. The van der Waals surface area contributed by atoms with Gasteiger partial charge in [0.2, 0.25) is 0 Å². The van der Waals surface area contributed by atoms with Crippen LogP contribution in [0.15, 0.2) is 48.5 Å². The summed E-state index contributed by atoms with van der Waals surface area (Å²) >= 11 is 0. The molecule has 1 saturated carbocycles. The molecule has 5 rings (SSSR count). The van der Waals surface area contributed by atoms with E-state index >= 15 is 0 Å². The summed E-state index contributed by atoms with van der Waals surface area (Å²) in [5.74, 6) is -0.820. The van der Waals surface area contributed by atoms with Gasteiger partial charge in [-0.15, -0.1) is 0 Å². The van der Waals surface area contributed by atoms with Crippen molar-refractivity contribution in [2.75, 3.05) is 26.2 Å². The van der Waals surface area contributed by atoms with Gasteiger partial charge in [0, 0.05) is 31.6 Å². The quantitative estimate of drug-likeness (QED) is 0.447. The van der Waals surface area contributed by atoms with Crippen molar-refractivity contribution < 1.29 is 29.0 Å². The molecule has 1 saturated heterocycles. The van der Waals surface area contributed by atoms with Gasteiger partial charge in [0.25, 0.3) is 0 Å². The van der Waals surface area contributed by atoms with Crippen LogP contribution in [0.1, 0.15) is 70.4 Å². The number of piperidine rings is 1. The van der Waals surface area contributed by atoms with Crippen LogP contribution in [0.5, 0.6) is 0 Å². The molecule has 2 aromatic carbocycles. The Hall–Kier alpha value is -3.55. The maximum Gasteiger partial charge on any atom is 0.410 e. The molecule has 0 radical (unpaired) electrons. The molecule has 0 bridgehead atoms. The zero-order valence-electron chi connectivity index (χ0n) is 23.9. The third kappa shape index (κ3) is 5.67. The number of nitrogens with zero attached hydrogens (tertiary/aromatic N) is 2. The molecule has 8 heteroatoms. The summed E-state index contributed by atoms with van der Waals surface area (Å²) in [6, 6.07) is 16.2. The Balaban J connectivity index is 1.28. The van der Waals surface area contributed by atoms with Crippen molar-refractivity contribution in [1.82, 2.24) is 9.80 Å². The minimum Gasteiger partial charge on any atom is -0.481 e. The van der Waals surface area contributed by atoms with Crippen LogP contribution < -0.4 is 0 Å². The summed E-state index contributed by atoms with van der Waals surface area (Å²) in [5, 5.41) is 9.90. The number of carboxylic acid groups (broad SMARTS) is 1.